The molecule has 0 bridgehead atoms. The van der Waals surface area contributed by atoms with Crippen LogP contribution in [0.15, 0.2) is 0 Å². The van der Waals surface area contributed by atoms with Crippen molar-refractivity contribution in [3.63, 3.8) is 0 Å². The number of hydrogen-bond donors (Lipinski definition) is 2. The van der Waals surface area contributed by atoms with Crippen molar-refractivity contribution in [1.29, 1.82) is 0 Å². The highest BCUT2D eigenvalue weighted by atomic mass is 16.3. The summed E-state index contributed by atoms with van der Waals surface area (Å²) in [6.45, 7) is 1.23. The number of nitrogens with zero attached hydrogens (tertiary/aromatic N) is 1. The summed E-state index contributed by atoms with van der Waals surface area (Å²) in [4.78, 5) is 13.4. The van der Waals surface area contributed by atoms with Crippen molar-refractivity contribution in [2.75, 3.05) is 33.8 Å². The van der Waals surface area contributed by atoms with Crippen molar-refractivity contribution >= 4 is 5.91 Å². The first-order chi connectivity index (χ1) is 7.58. The molecule has 0 saturated heterocycles. The number of rotatable bonds is 5. The van der Waals surface area contributed by atoms with E-state index >= 15 is 0 Å². The van der Waals surface area contributed by atoms with Gasteiger partial charge in [-0.2, -0.15) is 0 Å². The standard InChI is InChI=1S/C12H24N2O2/c1-14(2)8-11(16)13-9-12(10-15)6-4-3-5-7-12/h15H,3-10H2,1-2H3,(H,13,16). The van der Waals surface area contributed by atoms with Crippen molar-refractivity contribution in [2.45, 2.75) is 32.1 Å². The second-order valence-corrected chi connectivity index (χ2v) is 5.23. The Morgan fingerprint density at radius 3 is 2.44 bits per heavy atom. The van der Waals surface area contributed by atoms with Gasteiger partial charge in [0.2, 0.25) is 5.91 Å². The highest BCUT2D eigenvalue weighted by Gasteiger charge is 2.31. The number of aliphatic hydroxyl groups excluding tert-OH is 1. The predicted molar refractivity (Wildman–Crippen MR) is 64.2 cm³/mol. The summed E-state index contributed by atoms with van der Waals surface area (Å²) >= 11 is 0. The third-order valence-electron chi connectivity index (χ3n) is 3.37. The SMILES string of the molecule is CN(C)CC(=O)NCC1(CO)CCCCC1. The lowest BCUT2D eigenvalue weighted by Crippen LogP contribution is -2.43. The molecule has 0 aliphatic heterocycles. The maximum Gasteiger partial charge on any atom is 0.234 e. The molecule has 4 heteroatoms. The Morgan fingerprint density at radius 2 is 1.94 bits per heavy atom. The highest BCUT2D eigenvalue weighted by molar-refractivity contribution is 5.77. The van der Waals surface area contributed by atoms with Crippen LogP contribution in [0.2, 0.25) is 0 Å². The maximum absolute atomic E-state index is 11.5. The molecule has 1 saturated carbocycles. The summed E-state index contributed by atoms with van der Waals surface area (Å²) in [7, 11) is 3.75. The zero-order valence-corrected chi connectivity index (χ0v) is 10.5. The van der Waals surface area contributed by atoms with Crippen LogP contribution < -0.4 is 5.32 Å². The number of nitrogens with one attached hydrogen (secondary N) is 1. The van der Waals surface area contributed by atoms with Crippen molar-refractivity contribution in [1.82, 2.24) is 10.2 Å². The van der Waals surface area contributed by atoms with Gasteiger partial charge in [-0.25, -0.2) is 0 Å². The van der Waals surface area contributed by atoms with E-state index in [1.165, 1.54) is 19.3 Å². The Kier molecular flexibility index (Phi) is 5.22. The number of aliphatic hydroxyl groups is 1. The summed E-state index contributed by atoms with van der Waals surface area (Å²) in [5, 5.41) is 12.4. The summed E-state index contributed by atoms with van der Waals surface area (Å²) in [6, 6.07) is 0. The van der Waals surface area contributed by atoms with Crippen LogP contribution in [-0.2, 0) is 4.79 Å². The Hall–Kier alpha value is -0.610. The zero-order chi connectivity index (χ0) is 12.0. The molecule has 2 N–H and O–H groups in total. The minimum atomic E-state index is -0.0553. The molecular formula is C12H24N2O2. The maximum atomic E-state index is 11.5. The smallest absolute Gasteiger partial charge is 0.234 e. The number of hydrogen-bond acceptors (Lipinski definition) is 3. The Labute approximate surface area is 98.0 Å². The molecule has 0 aromatic heterocycles. The van der Waals surface area contributed by atoms with E-state index in [0.717, 1.165) is 12.8 Å². The predicted octanol–water partition coefficient (Wildman–Crippen LogP) is 0.607. The van der Waals surface area contributed by atoms with Gasteiger partial charge < -0.3 is 15.3 Å². The Balaban J connectivity index is 2.35. The van der Waals surface area contributed by atoms with Crippen molar-refractivity contribution in [3.8, 4) is 0 Å². The van der Waals surface area contributed by atoms with Gasteiger partial charge in [-0.05, 0) is 26.9 Å². The number of carbonyl (C=O) groups is 1. The van der Waals surface area contributed by atoms with Gasteiger partial charge in [0.05, 0.1) is 13.2 Å². The zero-order valence-electron chi connectivity index (χ0n) is 10.5. The molecule has 0 aromatic rings. The summed E-state index contributed by atoms with van der Waals surface area (Å²) in [5.41, 5.74) is -0.0553. The quantitative estimate of drug-likeness (QED) is 0.725. The second-order valence-electron chi connectivity index (χ2n) is 5.23. The summed E-state index contributed by atoms with van der Waals surface area (Å²) < 4.78 is 0. The molecule has 0 atom stereocenters. The molecule has 1 rings (SSSR count). The van der Waals surface area contributed by atoms with Gasteiger partial charge in [0.15, 0.2) is 0 Å². The fourth-order valence-electron chi connectivity index (χ4n) is 2.32. The molecule has 0 spiro atoms. The molecule has 1 fully saturated rings. The average molecular weight is 228 g/mol. The van der Waals surface area contributed by atoms with Crippen molar-refractivity contribution in [3.05, 3.63) is 0 Å². The van der Waals surface area contributed by atoms with Gasteiger partial charge in [0, 0.05) is 12.0 Å². The van der Waals surface area contributed by atoms with Crippen LogP contribution in [-0.4, -0.2) is 49.7 Å². The molecule has 0 aromatic carbocycles. The van der Waals surface area contributed by atoms with Crippen LogP contribution in [0.3, 0.4) is 0 Å². The molecule has 0 radical (unpaired) electrons. The fourth-order valence-corrected chi connectivity index (χ4v) is 2.32. The number of amides is 1. The van der Waals surface area contributed by atoms with Crippen molar-refractivity contribution < 1.29 is 9.90 Å². The van der Waals surface area contributed by atoms with E-state index in [-0.39, 0.29) is 17.9 Å². The Morgan fingerprint density at radius 1 is 1.31 bits per heavy atom. The normalized spacial score (nSPS) is 19.8. The van der Waals surface area contributed by atoms with E-state index < -0.39 is 0 Å². The first-order valence-corrected chi connectivity index (χ1v) is 6.10. The van der Waals surface area contributed by atoms with Gasteiger partial charge in [0.25, 0.3) is 0 Å². The lowest BCUT2D eigenvalue weighted by atomic mass is 9.74. The van der Waals surface area contributed by atoms with Crippen LogP contribution in [0.25, 0.3) is 0 Å². The lowest BCUT2D eigenvalue weighted by Gasteiger charge is -2.35. The van der Waals surface area contributed by atoms with E-state index in [1.54, 1.807) is 0 Å². The van der Waals surface area contributed by atoms with Crippen molar-refractivity contribution in [2.24, 2.45) is 5.41 Å². The second kappa shape index (κ2) is 6.21. The van der Waals surface area contributed by atoms with Gasteiger partial charge in [-0.1, -0.05) is 19.3 Å². The summed E-state index contributed by atoms with van der Waals surface area (Å²) in [5.74, 6) is 0.0448. The van der Waals surface area contributed by atoms with E-state index in [1.807, 2.05) is 19.0 Å². The van der Waals surface area contributed by atoms with Gasteiger partial charge >= 0.3 is 0 Å². The number of likely N-dealkylation sites (N-methyl/N-ethyl adjacent to an activating group) is 1. The third-order valence-corrected chi connectivity index (χ3v) is 3.37. The largest absolute Gasteiger partial charge is 0.396 e. The lowest BCUT2D eigenvalue weighted by molar-refractivity contribution is -0.122. The molecule has 16 heavy (non-hydrogen) atoms. The van der Waals surface area contributed by atoms with Crippen LogP contribution in [0, 0.1) is 5.41 Å². The van der Waals surface area contributed by atoms with Gasteiger partial charge in [-0.15, -0.1) is 0 Å². The van der Waals surface area contributed by atoms with E-state index in [2.05, 4.69) is 5.32 Å². The minimum Gasteiger partial charge on any atom is -0.396 e. The van der Waals surface area contributed by atoms with E-state index in [0.29, 0.717) is 13.1 Å². The first-order valence-electron chi connectivity index (χ1n) is 6.10. The Bertz CT molecular complexity index is 223. The van der Waals surface area contributed by atoms with Crippen LogP contribution in [0.5, 0.6) is 0 Å². The molecular weight excluding hydrogens is 204 g/mol. The molecule has 1 aliphatic carbocycles. The van der Waals surface area contributed by atoms with Gasteiger partial charge in [0.1, 0.15) is 0 Å². The molecule has 0 heterocycles. The van der Waals surface area contributed by atoms with E-state index in [4.69, 9.17) is 0 Å². The van der Waals surface area contributed by atoms with E-state index in [9.17, 15) is 9.90 Å². The number of carbonyl (C=O) groups excluding carboxylic acids is 1. The molecule has 94 valence electrons. The molecule has 1 aliphatic rings. The highest BCUT2D eigenvalue weighted by Crippen LogP contribution is 2.35. The molecule has 4 nitrogen and oxygen atoms in total. The minimum absolute atomic E-state index is 0.0448. The van der Waals surface area contributed by atoms with Crippen LogP contribution >= 0.6 is 0 Å². The third kappa shape index (κ3) is 4.10. The van der Waals surface area contributed by atoms with Crippen LogP contribution in [0.4, 0.5) is 0 Å². The monoisotopic (exact) mass is 228 g/mol. The first kappa shape index (κ1) is 13.5. The average Bonchev–Trinajstić information content (AvgIpc) is 2.27. The van der Waals surface area contributed by atoms with Crippen LogP contribution in [0.1, 0.15) is 32.1 Å². The fraction of sp³-hybridized carbons (Fsp3) is 0.917. The molecule has 0 unspecified atom stereocenters. The topological polar surface area (TPSA) is 52.6 Å². The summed E-state index contributed by atoms with van der Waals surface area (Å²) in [6.07, 6.45) is 5.67. The van der Waals surface area contributed by atoms with Gasteiger partial charge in [-0.3, -0.25) is 4.79 Å². The molecule has 1 amide bonds.